The molecule has 0 unspecified atom stereocenters. The second-order valence-electron chi connectivity index (χ2n) is 5.99. The molecule has 0 aromatic heterocycles. The van der Waals surface area contributed by atoms with E-state index in [0.717, 1.165) is 0 Å². The zero-order valence-electron chi connectivity index (χ0n) is 13.4. The Morgan fingerprint density at radius 1 is 1.22 bits per heavy atom. The number of amides is 1. The van der Waals surface area contributed by atoms with Gasteiger partial charge < -0.3 is 14.8 Å². The van der Waals surface area contributed by atoms with Gasteiger partial charge in [-0.15, -0.1) is 0 Å². The molecule has 0 aliphatic rings. The lowest BCUT2D eigenvalue weighted by molar-refractivity contribution is -0.149. The van der Waals surface area contributed by atoms with Crippen LogP contribution in [0.25, 0.3) is 0 Å². The van der Waals surface area contributed by atoms with Gasteiger partial charge >= 0.3 is 5.97 Å². The van der Waals surface area contributed by atoms with E-state index >= 15 is 0 Å². The molecule has 1 aromatic rings. The van der Waals surface area contributed by atoms with Crippen LogP contribution >= 0.6 is 23.2 Å². The molecule has 0 saturated heterocycles. The number of halogens is 2. The van der Waals surface area contributed by atoms with Crippen LogP contribution in [0.5, 0.6) is 5.75 Å². The number of benzene rings is 1. The first kappa shape index (κ1) is 19.6. The molecule has 0 saturated carbocycles. The van der Waals surface area contributed by atoms with Crippen molar-refractivity contribution < 1.29 is 19.1 Å². The third kappa shape index (κ3) is 8.67. The lowest BCUT2D eigenvalue weighted by Crippen LogP contribution is -2.42. The molecule has 0 aliphatic carbocycles. The van der Waals surface area contributed by atoms with E-state index < -0.39 is 5.97 Å². The third-order valence-corrected chi connectivity index (χ3v) is 3.09. The summed E-state index contributed by atoms with van der Waals surface area (Å²) in [6.45, 7) is 5.59. The number of ether oxygens (including phenoxy) is 2. The van der Waals surface area contributed by atoms with Crippen LogP contribution in [0.4, 0.5) is 0 Å². The van der Waals surface area contributed by atoms with Gasteiger partial charge in [0, 0.05) is 17.0 Å². The van der Waals surface area contributed by atoms with Crippen molar-refractivity contribution in [3.8, 4) is 5.75 Å². The first-order valence-corrected chi connectivity index (χ1v) is 7.97. The number of esters is 1. The van der Waals surface area contributed by atoms with E-state index in [1.807, 2.05) is 20.8 Å². The molecule has 0 fully saturated rings. The van der Waals surface area contributed by atoms with E-state index in [-0.39, 0.29) is 24.5 Å². The Morgan fingerprint density at radius 3 is 2.52 bits per heavy atom. The first-order chi connectivity index (χ1) is 10.7. The lowest BCUT2D eigenvalue weighted by Gasteiger charge is -2.20. The summed E-state index contributed by atoms with van der Waals surface area (Å²) in [5.74, 6) is -0.260. The van der Waals surface area contributed by atoms with Crippen molar-refractivity contribution in [3.05, 3.63) is 28.2 Å². The predicted molar refractivity (Wildman–Crippen MR) is 90.0 cm³/mol. The molecule has 5 nitrogen and oxygen atoms in total. The average Bonchev–Trinajstić information content (AvgIpc) is 2.41. The summed E-state index contributed by atoms with van der Waals surface area (Å²) in [5.41, 5.74) is -0.352. The highest BCUT2D eigenvalue weighted by Crippen LogP contribution is 2.27. The van der Waals surface area contributed by atoms with Gasteiger partial charge in [-0.3, -0.25) is 9.59 Å². The number of hydrogen-bond acceptors (Lipinski definition) is 4. The van der Waals surface area contributed by atoms with Crippen LogP contribution in [0.2, 0.25) is 10.0 Å². The standard InChI is InChI=1S/C16H21Cl2NO4/c1-16(2,3)19-14(20)10-23-15(21)5-4-8-22-13-7-6-11(17)9-12(13)18/h6-7,9H,4-5,8,10H2,1-3H3,(H,19,20). The smallest absolute Gasteiger partial charge is 0.306 e. The lowest BCUT2D eigenvalue weighted by atomic mass is 10.1. The summed E-state index contributed by atoms with van der Waals surface area (Å²) in [7, 11) is 0. The molecule has 0 aliphatic heterocycles. The van der Waals surface area contributed by atoms with E-state index in [4.69, 9.17) is 32.7 Å². The fraction of sp³-hybridized carbons (Fsp3) is 0.500. The number of carbonyl (C=O) groups excluding carboxylic acids is 2. The molecule has 0 atom stereocenters. The monoisotopic (exact) mass is 361 g/mol. The Hall–Kier alpha value is -1.46. The molecule has 0 radical (unpaired) electrons. The van der Waals surface area contributed by atoms with Crippen LogP contribution in [0.3, 0.4) is 0 Å². The molecule has 0 heterocycles. The Labute approximate surface area is 146 Å². The zero-order valence-corrected chi connectivity index (χ0v) is 15.0. The minimum atomic E-state index is -0.445. The van der Waals surface area contributed by atoms with Crippen molar-refractivity contribution in [1.29, 1.82) is 0 Å². The zero-order chi connectivity index (χ0) is 17.5. The van der Waals surface area contributed by atoms with Gasteiger partial charge in [-0.25, -0.2) is 0 Å². The van der Waals surface area contributed by atoms with Gasteiger partial charge in [-0.1, -0.05) is 23.2 Å². The summed E-state index contributed by atoms with van der Waals surface area (Å²) in [4.78, 5) is 23.0. The summed E-state index contributed by atoms with van der Waals surface area (Å²) in [5, 5.41) is 3.65. The molecular weight excluding hydrogens is 341 g/mol. The molecular formula is C16H21Cl2NO4. The van der Waals surface area contributed by atoms with Gasteiger partial charge in [0.25, 0.3) is 5.91 Å². The SMILES string of the molecule is CC(C)(C)NC(=O)COC(=O)CCCOc1ccc(Cl)cc1Cl. The first-order valence-electron chi connectivity index (χ1n) is 7.22. The normalized spacial score (nSPS) is 11.0. The van der Waals surface area contributed by atoms with E-state index in [0.29, 0.717) is 28.8 Å². The summed E-state index contributed by atoms with van der Waals surface area (Å²) in [6, 6.07) is 4.92. The molecule has 0 bridgehead atoms. The molecule has 1 amide bonds. The summed E-state index contributed by atoms with van der Waals surface area (Å²) < 4.78 is 10.3. The van der Waals surface area contributed by atoms with Crippen LogP contribution in [-0.4, -0.2) is 30.6 Å². The fourth-order valence-electron chi connectivity index (χ4n) is 1.66. The number of hydrogen-bond donors (Lipinski definition) is 1. The van der Waals surface area contributed by atoms with Crippen LogP contribution in [0.1, 0.15) is 33.6 Å². The predicted octanol–water partition coefficient (Wildman–Crippen LogP) is 3.61. The molecule has 23 heavy (non-hydrogen) atoms. The van der Waals surface area contributed by atoms with Crippen molar-refractivity contribution >= 4 is 35.1 Å². The molecule has 1 aromatic carbocycles. The van der Waals surface area contributed by atoms with Gasteiger partial charge in [-0.05, 0) is 45.4 Å². The quantitative estimate of drug-likeness (QED) is 0.595. The van der Waals surface area contributed by atoms with E-state index in [1.54, 1.807) is 18.2 Å². The fourth-order valence-corrected chi connectivity index (χ4v) is 2.13. The van der Waals surface area contributed by atoms with Crippen LogP contribution < -0.4 is 10.1 Å². The highest BCUT2D eigenvalue weighted by Gasteiger charge is 2.15. The molecule has 0 spiro atoms. The average molecular weight is 362 g/mol. The Kier molecular flexibility index (Phi) is 7.65. The van der Waals surface area contributed by atoms with Crippen molar-refractivity contribution in [2.45, 2.75) is 39.2 Å². The number of carbonyl (C=O) groups is 2. The Morgan fingerprint density at radius 2 is 1.91 bits per heavy atom. The van der Waals surface area contributed by atoms with Gasteiger partial charge in [0.05, 0.1) is 11.6 Å². The second kappa shape index (κ2) is 8.99. The van der Waals surface area contributed by atoms with Gasteiger partial charge in [0.1, 0.15) is 5.75 Å². The van der Waals surface area contributed by atoms with E-state index in [2.05, 4.69) is 5.32 Å². The highest BCUT2D eigenvalue weighted by atomic mass is 35.5. The van der Waals surface area contributed by atoms with Crippen LogP contribution in [0, 0.1) is 0 Å². The van der Waals surface area contributed by atoms with E-state index in [1.165, 1.54) is 0 Å². The molecule has 1 rings (SSSR count). The number of rotatable bonds is 7. The second-order valence-corrected chi connectivity index (χ2v) is 6.83. The minimum absolute atomic E-state index is 0.161. The van der Waals surface area contributed by atoms with Gasteiger partial charge in [-0.2, -0.15) is 0 Å². The number of nitrogens with one attached hydrogen (secondary N) is 1. The molecule has 1 N–H and O–H groups in total. The molecule has 128 valence electrons. The van der Waals surface area contributed by atoms with Gasteiger partial charge in [0.15, 0.2) is 6.61 Å². The van der Waals surface area contributed by atoms with Crippen LogP contribution in [-0.2, 0) is 14.3 Å². The van der Waals surface area contributed by atoms with Crippen molar-refractivity contribution in [3.63, 3.8) is 0 Å². The van der Waals surface area contributed by atoms with Crippen molar-refractivity contribution in [1.82, 2.24) is 5.32 Å². The van der Waals surface area contributed by atoms with Crippen molar-refractivity contribution in [2.24, 2.45) is 0 Å². The maximum absolute atomic E-state index is 11.5. The maximum Gasteiger partial charge on any atom is 0.306 e. The third-order valence-electron chi connectivity index (χ3n) is 2.56. The van der Waals surface area contributed by atoms with Gasteiger partial charge in [0.2, 0.25) is 0 Å². The summed E-state index contributed by atoms with van der Waals surface area (Å²) in [6.07, 6.45) is 0.618. The molecule has 7 heteroatoms. The topological polar surface area (TPSA) is 64.6 Å². The Bertz CT molecular complexity index is 556. The summed E-state index contributed by atoms with van der Waals surface area (Å²) >= 11 is 11.7. The highest BCUT2D eigenvalue weighted by molar-refractivity contribution is 6.35. The minimum Gasteiger partial charge on any atom is -0.492 e. The van der Waals surface area contributed by atoms with E-state index in [9.17, 15) is 9.59 Å². The maximum atomic E-state index is 11.5. The van der Waals surface area contributed by atoms with Crippen molar-refractivity contribution in [2.75, 3.05) is 13.2 Å². The van der Waals surface area contributed by atoms with Crippen LogP contribution in [0.15, 0.2) is 18.2 Å². The Balaban J connectivity index is 2.20. The largest absolute Gasteiger partial charge is 0.492 e.